The summed E-state index contributed by atoms with van der Waals surface area (Å²) in [5.74, 6) is -0.244. The zero-order valence-electron chi connectivity index (χ0n) is 14.5. The van der Waals surface area contributed by atoms with Crippen molar-refractivity contribution >= 4 is 11.6 Å². The van der Waals surface area contributed by atoms with E-state index in [2.05, 4.69) is 17.4 Å². The molecule has 0 radical (unpaired) electrons. The number of hydrogen-bond acceptors (Lipinski definition) is 3. The van der Waals surface area contributed by atoms with E-state index in [4.69, 9.17) is 21.1 Å². The molecule has 2 aromatic carbocycles. The maximum Gasteiger partial charge on any atom is 0.176 e. The van der Waals surface area contributed by atoms with E-state index in [1.54, 1.807) is 12.1 Å². The van der Waals surface area contributed by atoms with E-state index in [-0.39, 0.29) is 18.1 Å². The minimum absolute atomic E-state index is 0.0944. The SMILES string of the molecule is Cc1cc(CCO[C@@H]2OCCN[C@H]2c2ccc(F)cc2)cc(C)c1Cl. The van der Waals surface area contributed by atoms with Gasteiger partial charge in [-0.1, -0.05) is 35.9 Å². The van der Waals surface area contributed by atoms with Gasteiger partial charge in [0.15, 0.2) is 6.29 Å². The van der Waals surface area contributed by atoms with Gasteiger partial charge in [0.2, 0.25) is 0 Å². The Labute approximate surface area is 153 Å². The lowest BCUT2D eigenvalue weighted by molar-refractivity contribution is -0.176. The lowest BCUT2D eigenvalue weighted by Gasteiger charge is -2.33. The van der Waals surface area contributed by atoms with E-state index >= 15 is 0 Å². The van der Waals surface area contributed by atoms with Crippen molar-refractivity contribution in [3.63, 3.8) is 0 Å². The van der Waals surface area contributed by atoms with Crippen LogP contribution in [0.1, 0.15) is 28.3 Å². The molecule has 0 saturated carbocycles. The van der Waals surface area contributed by atoms with E-state index in [1.807, 2.05) is 13.8 Å². The van der Waals surface area contributed by atoms with Crippen LogP contribution in [0.15, 0.2) is 36.4 Å². The van der Waals surface area contributed by atoms with Crippen molar-refractivity contribution in [3.05, 3.63) is 69.5 Å². The summed E-state index contributed by atoms with van der Waals surface area (Å²) in [6.45, 7) is 5.92. The molecule has 0 aliphatic carbocycles. The summed E-state index contributed by atoms with van der Waals surface area (Å²) in [5, 5.41) is 4.21. The topological polar surface area (TPSA) is 30.5 Å². The molecule has 1 fully saturated rings. The number of ether oxygens (including phenoxy) is 2. The maximum atomic E-state index is 13.1. The smallest absolute Gasteiger partial charge is 0.176 e. The third-order valence-corrected chi connectivity index (χ3v) is 5.01. The average Bonchev–Trinajstić information content (AvgIpc) is 2.61. The molecule has 134 valence electrons. The summed E-state index contributed by atoms with van der Waals surface area (Å²) in [4.78, 5) is 0. The fourth-order valence-corrected chi connectivity index (χ4v) is 3.25. The van der Waals surface area contributed by atoms with Crippen LogP contribution in [0.5, 0.6) is 0 Å². The molecule has 0 bridgehead atoms. The Morgan fingerprint density at radius 1 is 1.20 bits per heavy atom. The first-order valence-electron chi connectivity index (χ1n) is 8.52. The number of benzene rings is 2. The Balaban J connectivity index is 1.61. The fourth-order valence-electron chi connectivity index (χ4n) is 3.14. The Morgan fingerprint density at radius 3 is 2.56 bits per heavy atom. The highest BCUT2D eigenvalue weighted by molar-refractivity contribution is 6.32. The Morgan fingerprint density at radius 2 is 1.88 bits per heavy atom. The number of halogens is 2. The van der Waals surface area contributed by atoms with Crippen molar-refractivity contribution in [1.29, 1.82) is 0 Å². The van der Waals surface area contributed by atoms with Crippen LogP contribution in [0, 0.1) is 19.7 Å². The van der Waals surface area contributed by atoms with Gasteiger partial charge in [-0.15, -0.1) is 0 Å². The second-order valence-electron chi connectivity index (χ2n) is 6.39. The minimum atomic E-state index is -0.381. The van der Waals surface area contributed by atoms with Gasteiger partial charge in [0, 0.05) is 11.6 Å². The van der Waals surface area contributed by atoms with Crippen molar-refractivity contribution in [3.8, 4) is 0 Å². The molecule has 0 unspecified atom stereocenters. The molecule has 3 nitrogen and oxygen atoms in total. The summed E-state index contributed by atoms with van der Waals surface area (Å²) in [6.07, 6.45) is 0.406. The largest absolute Gasteiger partial charge is 0.350 e. The molecule has 0 aromatic heterocycles. The normalized spacial score (nSPS) is 20.6. The van der Waals surface area contributed by atoms with Crippen LogP contribution in [0.4, 0.5) is 4.39 Å². The third kappa shape index (κ3) is 4.59. The van der Waals surface area contributed by atoms with Crippen LogP contribution in [-0.2, 0) is 15.9 Å². The highest BCUT2D eigenvalue weighted by Crippen LogP contribution is 2.25. The zero-order valence-corrected chi connectivity index (χ0v) is 15.3. The zero-order chi connectivity index (χ0) is 17.8. The third-order valence-electron chi connectivity index (χ3n) is 4.42. The molecule has 2 aromatic rings. The Kier molecular flexibility index (Phi) is 6.07. The van der Waals surface area contributed by atoms with Gasteiger partial charge in [-0.3, -0.25) is 0 Å². The van der Waals surface area contributed by atoms with Crippen molar-refractivity contribution in [2.24, 2.45) is 0 Å². The lowest BCUT2D eigenvalue weighted by atomic mass is 10.0. The van der Waals surface area contributed by atoms with E-state index in [0.717, 1.165) is 34.7 Å². The summed E-state index contributed by atoms with van der Waals surface area (Å²) in [6, 6.07) is 10.5. The highest BCUT2D eigenvalue weighted by Gasteiger charge is 2.27. The van der Waals surface area contributed by atoms with Crippen LogP contribution in [0.2, 0.25) is 5.02 Å². The molecular formula is C20H23ClFNO2. The molecule has 0 amide bonds. The molecule has 1 heterocycles. The lowest BCUT2D eigenvalue weighted by Crippen LogP contribution is -2.43. The Bertz CT molecular complexity index is 697. The number of hydrogen-bond donors (Lipinski definition) is 1. The minimum Gasteiger partial charge on any atom is -0.350 e. The van der Waals surface area contributed by atoms with Crippen molar-refractivity contribution < 1.29 is 13.9 Å². The summed E-state index contributed by atoms with van der Waals surface area (Å²) < 4.78 is 24.9. The summed E-state index contributed by atoms with van der Waals surface area (Å²) in [5.41, 5.74) is 4.32. The molecule has 0 spiro atoms. The van der Waals surface area contributed by atoms with Crippen molar-refractivity contribution in [1.82, 2.24) is 5.32 Å². The standard InChI is InChI=1S/C20H23ClFNO2/c1-13-11-15(12-14(2)18(13)21)7-9-24-20-19(23-8-10-25-20)16-3-5-17(22)6-4-16/h3-6,11-12,19-20,23H,7-10H2,1-2H3/t19-,20+/m0/s1. The predicted molar refractivity (Wildman–Crippen MR) is 97.5 cm³/mol. The molecule has 1 saturated heterocycles. The molecule has 1 aliphatic rings. The van der Waals surface area contributed by atoms with Gasteiger partial charge in [0.1, 0.15) is 5.82 Å². The number of morpholine rings is 1. The quantitative estimate of drug-likeness (QED) is 0.857. The average molecular weight is 364 g/mol. The van der Waals surface area contributed by atoms with Gasteiger partial charge < -0.3 is 14.8 Å². The van der Waals surface area contributed by atoms with E-state index in [0.29, 0.717) is 13.2 Å². The Hall–Kier alpha value is -1.46. The fraction of sp³-hybridized carbons (Fsp3) is 0.400. The van der Waals surface area contributed by atoms with E-state index in [9.17, 15) is 4.39 Å². The maximum absolute atomic E-state index is 13.1. The number of nitrogens with one attached hydrogen (secondary N) is 1. The van der Waals surface area contributed by atoms with E-state index in [1.165, 1.54) is 17.7 Å². The van der Waals surface area contributed by atoms with Crippen LogP contribution >= 0.6 is 11.6 Å². The highest BCUT2D eigenvalue weighted by atomic mass is 35.5. The first kappa shape index (κ1) is 18.3. The first-order valence-corrected chi connectivity index (χ1v) is 8.90. The summed E-state index contributed by atoms with van der Waals surface area (Å²) in [7, 11) is 0. The molecule has 1 aliphatic heterocycles. The van der Waals surface area contributed by atoms with Crippen molar-refractivity contribution in [2.45, 2.75) is 32.6 Å². The van der Waals surface area contributed by atoms with Gasteiger partial charge in [-0.25, -0.2) is 4.39 Å². The van der Waals surface area contributed by atoms with Crippen LogP contribution in [0.3, 0.4) is 0 Å². The van der Waals surface area contributed by atoms with Crippen LogP contribution in [0.25, 0.3) is 0 Å². The summed E-state index contributed by atoms with van der Waals surface area (Å²) >= 11 is 6.22. The second-order valence-corrected chi connectivity index (χ2v) is 6.76. The number of rotatable bonds is 5. The van der Waals surface area contributed by atoms with Gasteiger partial charge >= 0.3 is 0 Å². The molecule has 3 rings (SSSR count). The molecule has 5 heteroatoms. The van der Waals surface area contributed by atoms with Gasteiger partial charge in [-0.05, 0) is 54.7 Å². The molecule has 25 heavy (non-hydrogen) atoms. The second kappa shape index (κ2) is 8.28. The molecule has 2 atom stereocenters. The predicted octanol–water partition coefficient (Wildman–Crippen LogP) is 4.34. The molecule has 1 N–H and O–H groups in total. The monoisotopic (exact) mass is 363 g/mol. The van der Waals surface area contributed by atoms with Gasteiger partial charge in [0.25, 0.3) is 0 Å². The first-order chi connectivity index (χ1) is 12.0. The van der Waals surface area contributed by atoms with Gasteiger partial charge in [0.05, 0.1) is 19.3 Å². The van der Waals surface area contributed by atoms with Gasteiger partial charge in [-0.2, -0.15) is 0 Å². The molecular weight excluding hydrogens is 341 g/mol. The van der Waals surface area contributed by atoms with Crippen molar-refractivity contribution in [2.75, 3.05) is 19.8 Å². The van der Waals surface area contributed by atoms with E-state index < -0.39 is 0 Å². The van der Waals surface area contributed by atoms with Crippen LogP contribution < -0.4 is 5.32 Å². The number of aryl methyl sites for hydroxylation is 2. The van der Waals surface area contributed by atoms with Crippen LogP contribution in [-0.4, -0.2) is 26.0 Å².